The zero-order valence-corrected chi connectivity index (χ0v) is 16.7. The SMILES string of the molecule is CCNC(=NCc1cc(C(C)C)no1)NCCS(=O)(=O)N(CC)CC. The monoisotopic (exact) mass is 373 g/mol. The van der Waals surface area contributed by atoms with Crippen LogP contribution in [0.2, 0.25) is 0 Å². The van der Waals surface area contributed by atoms with Gasteiger partial charge in [-0.05, 0) is 12.8 Å². The Labute approximate surface area is 151 Å². The molecular weight excluding hydrogens is 342 g/mol. The van der Waals surface area contributed by atoms with Crippen LogP contribution in [0.3, 0.4) is 0 Å². The van der Waals surface area contributed by atoms with Crippen molar-refractivity contribution in [2.45, 2.75) is 47.1 Å². The summed E-state index contributed by atoms with van der Waals surface area (Å²) in [6.45, 7) is 12.0. The molecule has 1 aromatic rings. The normalized spacial score (nSPS) is 12.8. The van der Waals surface area contributed by atoms with E-state index in [1.807, 2.05) is 40.7 Å². The maximum atomic E-state index is 12.2. The third-order valence-corrected chi connectivity index (χ3v) is 5.68. The molecule has 0 fully saturated rings. The Morgan fingerprint density at radius 1 is 1.28 bits per heavy atom. The third-order valence-electron chi connectivity index (χ3n) is 3.66. The van der Waals surface area contributed by atoms with E-state index in [0.29, 0.717) is 43.8 Å². The quantitative estimate of drug-likeness (QED) is 0.476. The molecule has 0 aliphatic heterocycles. The van der Waals surface area contributed by atoms with Gasteiger partial charge in [-0.3, -0.25) is 0 Å². The first-order valence-electron chi connectivity index (χ1n) is 8.79. The highest BCUT2D eigenvalue weighted by molar-refractivity contribution is 7.89. The predicted octanol–water partition coefficient (Wildman–Crippen LogP) is 1.52. The summed E-state index contributed by atoms with van der Waals surface area (Å²) in [5.41, 5.74) is 0.897. The molecule has 8 nitrogen and oxygen atoms in total. The first-order chi connectivity index (χ1) is 11.8. The number of rotatable bonds is 10. The Hall–Kier alpha value is -1.61. The summed E-state index contributed by atoms with van der Waals surface area (Å²) in [5.74, 6) is 1.56. The van der Waals surface area contributed by atoms with Crippen LogP contribution >= 0.6 is 0 Å². The Morgan fingerprint density at radius 2 is 1.96 bits per heavy atom. The molecule has 0 spiro atoms. The fourth-order valence-corrected chi connectivity index (χ4v) is 3.62. The van der Waals surface area contributed by atoms with Crippen molar-refractivity contribution in [1.82, 2.24) is 20.1 Å². The minimum atomic E-state index is -3.25. The summed E-state index contributed by atoms with van der Waals surface area (Å²) >= 11 is 0. The van der Waals surface area contributed by atoms with Crippen molar-refractivity contribution >= 4 is 16.0 Å². The number of aromatic nitrogens is 1. The van der Waals surface area contributed by atoms with E-state index in [-0.39, 0.29) is 12.3 Å². The summed E-state index contributed by atoms with van der Waals surface area (Å²) in [5, 5.41) is 10.1. The Kier molecular flexibility index (Phi) is 8.91. The Morgan fingerprint density at radius 3 is 2.48 bits per heavy atom. The van der Waals surface area contributed by atoms with Crippen LogP contribution in [0.1, 0.15) is 52.0 Å². The van der Waals surface area contributed by atoms with Crippen LogP contribution in [0.5, 0.6) is 0 Å². The van der Waals surface area contributed by atoms with Crippen LogP contribution in [0, 0.1) is 0 Å². The number of guanidine groups is 1. The summed E-state index contributed by atoms with van der Waals surface area (Å²) in [6.07, 6.45) is 0. The van der Waals surface area contributed by atoms with E-state index in [1.165, 1.54) is 4.31 Å². The first kappa shape index (κ1) is 21.4. The van der Waals surface area contributed by atoms with Crippen LogP contribution < -0.4 is 10.6 Å². The third kappa shape index (κ3) is 7.03. The first-order valence-corrected chi connectivity index (χ1v) is 10.4. The number of nitrogens with zero attached hydrogens (tertiary/aromatic N) is 3. The van der Waals surface area contributed by atoms with Crippen molar-refractivity contribution in [3.05, 3.63) is 17.5 Å². The molecule has 0 unspecified atom stereocenters. The summed E-state index contributed by atoms with van der Waals surface area (Å²) in [4.78, 5) is 4.41. The van der Waals surface area contributed by atoms with Gasteiger partial charge in [0.25, 0.3) is 0 Å². The van der Waals surface area contributed by atoms with Crippen LogP contribution in [-0.2, 0) is 16.6 Å². The molecule has 0 aliphatic carbocycles. The minimum Gasteiger partial charge on any atom is -0.359 e. The number of aliphatic imine (C=N–C) groups is 1. The molecule has 1 aromatic heterocycles. The lowest BCUT2D eigenvalue weighted by molar-refractivity contribution is 0.376. The second kappa shape index (κ2) is 10.4. The summed E-state index contributed by atoms with van der Waals surface area (Å²) in [7, 11) is -3.25. The number of sulfonamides is 1. The van der Waals surface area contributed by atoms with Gasteiger partial charge < -0.3 is 15.2 Å². The second-order valence-corrected chi connectivity index (χ2v) is 7.98. The van der Waals surface area contributed by atoms with Crippen molar-refractivity contribution in [1.29, 1.82) is 0 Å². The largest absolute Gasteiger partial charge is 0.359 e. The van der Waals surface area contributed by atoms with Gasteiger partial charge in [-0.15, -0.1) is 0 Å². The van der Waals surface area contributed by atoms with Crippen molar-refractivity contribution in [2.75, 3.05) is 31.9 Å². The lowest BCUT2D eigenvalue weighted by Crippen LogP contribution is -2.42. The standard InChI is InChI=1S/C16H31N5O3S/c1-6-17-16(18-9-10-25(22,23)21(7-2)8-3)19-12-14-11-15(13(4)5)20-24-14/h11,13H,6-10,12H2,1-5H3,(H2,17,18,19). The molecule has 2 N–H and O–H groups in total. The molecule has 0 atom stereocenters. The molecule has 0 saturated carbocycles. The Bertz CT molecular complexity index is 636. The summed E-state index contributed by atoms with van der Waals surface area (Å²) < 4.78 is 31.1. The minimum absolute atomic E-state index is 0.0267. The zero-order chi connectivity index (χ0) is 18.9. The van der Waals surface area contributed by atoms with E-state index in [0.717, 1.165) is 5.69 Å². The van der Waals surface area contributed by atoms with E-state index in [9.17, 15) is 8.42 Å². The van der Waals surface area contributed by atoms with Gasteiger partial charge in [0, 0.05) is 32.2 Å². The van der Waals surface area contributed by atoms with Gasteiger partial charge in [0.15, 0.2) is 11.7 Å². The molecule has 0 amide bonds. The van der Waals surface area contributed by atoms with Crippen molar-refractivity contribution in [3.8, 4) is 0 Å². The molecule has 25 heavy (non-hydrogen) atoms. The van der Waals surface area contributed by atoms with Gasteiger partial charge in [-0.25, -0.2) is 17.7 Å². The molecule has 144 valence electrons. The molecule has 9 heteroatoms. The topological polar surface area (TPSA) is 99.8 Å². The number of nitrogens with one attached hydrogen (secondary N) is 2. The second-order valence-electron chi connectivity index (χ2n) is 5.90. The van der Waals surface area contributed by atoms with E-state index in [4.69, 9.17) is 4.52 Å². The highest BCUT2D eigenvalue weighted by atomic mass is 32.2. The molecule has 0 aromatic carbocycles. The van der Waals surface area contributed by atoms with Gasteiger partial charge in [0.05, 0.1) is 11.4 Å². The van der Waals surface area contributed by atoms with Gasteiger partial charge in [0.1, 0.15) is 6.54 Å². The fraction of sp³-hybridized carbons (Fsp3) is 0.750. The predicted molar refractivity (Wildman–Crippen MR) is 100 cm³/mol. The highest BCUT2D eigenvalue weighted by Gasteiger charge is 2.18. The van der Waals surface area contributed by atoms with Crippen LogP contribution in [0.25, 0.3) is 0 Å². The van der Waals surface area contributed by atoms with E-state index >= 15 is 0 Å². The number of hydrogen-bond donors (Lipinski definition) is 2. The smallest absolute Gasteiger partial charge is 0.215 e. The van der Waals surface area contributed by atoms with Gasteiger partial charge in [0.2, 0.25) is 10.0 Å². The molecule has 0 aliphatic rings. The van der Waals surface area contributed by atoms with Crippen LogP contribution in [-0.4, -0.2) is 55.8 Å². The highest BCUT2D eigenvalue weighted by Crippen LogP contribution is 2.14. The van der Waals surface area contributed by atoms with Crippen molar-refractivity contribution in [3.63, 3.8) is 0 Å². The van der Waals surface area contributed by atoms with E-state index < -0.39 is 10.0 Å². The average Bonchev–Trinajstić information content (AvgIpc) is 3.02. The van der Waals surface area contributed by atoms with Crippen LogP contribution in [0.4, 0.5) is 0 Å². The van der Waals surface area contributed by atoms with Gasteiger partial charge >= 0.3 is 0 Å². The van der Waals surface area contributed by atoms with Crippen LogP contribution in [0.15, 0.2) is 15.6 Å². The fourth-order valence-electron chi connectivity index (χ4n) is 2.22. The van der Waals surface area contributed by atoms with Crippen molar-refractivity contribution in [2.24, 2.45) is 4.99 Å². The molecule has 1 rings (SSSR count). The Balaban J connectivity index is 2.61. The van der Waals surface area contributed by atoms with Gasteiger partial charge in [-0.1, -0.05) is 32.9 Å². The van der Waals surface area contributed by atoms with Crippen molar-refractivity contribution < 1.29 is 12.9 Å². The van der Waals surface area contributed by atoms with E-state index in [1.54, 1.807) is 0 Å². The lowest BCUT2D eigenvalue weighted by Gasteiger charge is -2.19. The lowest BCUT2D eigenvalue weighted by atomic mass is 10.1. The molecule has 0 bridgehead atoms. The molecule has 0 radical (unpaired) electrons. The van der Waals surface area contributed by atoms with Gasteiger partial charge in [-0.2, -0.15) is 0 Å². The zero-order valence-electron chi connectivity index (χ0n) is 15.9. The molecule has 1 heterocycles. The maximum absolute atomic E-state index is 12.2. The summed E-state index contributed by atoms with van der Waals surface area (Å²) in [6, 6.07) is 1.89. The number of hydrogen-bond acceptors (Lipinski definition) is 5. The molecule has 0 saturated heterocycles. The maximum Gasteiger partial charge on any atom is 0.215 e. The van der Waals surface area contributed by atoms with E-state index in [2.05, 4.69) is 20.8 Å². The average molecular weight is 374 g/mol. The molecular formula is C16H31N5O3S.